The van der Waals surface area contributed by atoms with E-state index < -0.39 is 0 Å². The van der Waals surface area contributed by atoms with Crippen LogP contribution in [0.1, 0.15) is 17.0 Å². The summed E-state index contributed by atoms with van der Waals surface area (Å²) in [4.78, 5) is 15.0. The van der Waals surface area contributed by atoms with Crippen LogP contribution in [0.15, 0.2) is 91.0 Å². The molecule has 33 heavy (non-hydrogen) atoms. The molecule has 0 fully saturated rings. The van der Waals surface area contributed by atoms with Crippen molar-refractivity contribution in [2.75, 3.05) is 12.4 Å². The third-order valence-electron chi connectivity index (χ3n) is 6.05. The van der Waals surface area contributed by atoms with Gasteiger partial charge in [0.2, 0.25) is 5.91 Å². The Bertz CT molecular complexity index is 1460. The summed E-state index contributed by atoms with van der Waals surface area (Å²) in [5, 5.41) is 12.2. The van der Waals surface area contributed by atoms with Crippen molar-refractivity contribution in [3.8, 4) is 22.6 Å². The normalized spacial score (nSPS) is 12.4. The molecule has 0 atom stereocenters. The highest BCUT2D eigenvalue weighted by molar-refractivity contribution is 6.03. The predicted molar refractivity (Wildman–Crippen MR) is 128 cm³/mol. The second-order valence-electron chi connectivity index (χ2n) is 7.99. The van der Waals surface area contributed by atoms with Crippen LogP contribution in [0.5, 0.6) is 5.75 Å². The fourth-order valence-electron chi connectivity index (χ4n) is 4.48. The number of hydrogen-bond acceptors (Lipinski definition) is 4. The number of benzene rings is 4. The first-order valence-electron chi connectivity index (χ1n) is 10.7. The molecule has 0 saturated heterocycles. The first-order chi connectivity index (χ1) is 16.2. The van der Waals surface area contributed by atoms with Gasteiger partial charge in [0.25, 0.3) is 0 Å². The van der Waals surface area contributed by atoms with E-state index in [-0.39, 0.29) is 11.8 Å². The van der Waals surface area contributed by atoms with Gasteiger partial charge in [-0.2, -0.15) is 4.80 Å². The highest BCUT2D eigenvalue weighted by Gasteiger charge is 2.33. The monoisotopic (exact) mass is 432 g/mol. The van der Waals surface area contributed by atoms with Crippen LogP contribution in [0.3, 0.4) is 0 Å². The van der Waals surface area contributed by atoms with Crippen molar-refractivity contribution in [1.29, 1.82) is 0 Å². The van der Waals surface area contributed by atoms with Crippen molar-refractivity contribution in [2.45, 2.75) is 5.92 Å². The van der Waals surface area contributed by atoms with Crippen LogP contribution in [-0.4, -0.2) is 28.0 Å². The minimum Gasteiger partial charge on any atom is -0.497 e. The fraction of sp³-hybridized carbons (Fsp3) is 0.0741. The van der Waals surface area contributed by atoms with E-state index in [1.807, 2.05) is 78.9 Å². The number of rotatable bonds is 4. The minimum absolute atomic E-state index is 0.0608. The molecule has 1 aromatic heterocycles. The predicted octanol–water partition coefficient (Wildman–Crippen LogP) is 5.18. The van der Waals surface area contributed by atoms with Crippen molar-refractivity contribution in [2.24, 2.45) is 0 Å². The highest BCUT2D eigenvalue weighted by Crippen LogP contribution is 2.44. The van der Waals surface area contributed by atoms with Gasteiger partial charge in [0.05, 0.1) is 18.7 Å². The number of nitrogens with zero attached hydrogens (tertiary/aromatic N) is 3. The number of methoxy groups -OCH3 is 1. The maximum atomic E-state index is 13.4. The maximum Gasteiger partial charge on any atom is 0.236 e. The third-order valence-corrected chi connectivity index (χ3v) is 6.05. The Kier molecular flexibility index (Phi) is 4.43. The maximum absolute atomic E-state index is 13.4. The number of anilines is 1. The average molecular weight is 432 g/mol. The fourth-order valence-corrected chi connectivity index (χ4v) is 4.48. The zero-order chi connectivity index (χ0) is 22.4. The lowest BCUT2D eigenvalue weighted by molar-refractivity contribution is -0.116. The molecule has 1 aliphatic rings. The molecule has 0 saturated carbocycles. The second kappa shape index (κ2) is 7.60. The minimum atomic E-state index is -0.344. The van der Waals surface area contributed by atoms with Gasteiger partial charge in [-0.25, -0.2) is 0 Å². The molecule has 6 nitrogen and oxygen atoms in total. The number of ether oxygens (including phenoxy) is 1. The molecule has 6 rings (SSSR count). The number of nitrogens with one attached hydrogen (secondary N) is 1. The molecule has 0 unspecified atom stereocenters. The summed E-state index contributed by atoms with van der Waals surface area (Å²) in [5.74, 6) is 0.368. The Morgan fingerprint density at radius 3 is 2.12 bits per heavy atom. The highest BCUT2D eigenvalue weighted by atomic mass is 16.5. The summed E-state index contributed by atoms with van der Waals surface area (Å²) >= 11 is 0. The van der Waals surface area contributed by atoms with E-state index in [1.54, 1.807) is 11.9 Å². The van der Waals surface area contributed by atoms with Crippen LogP contribution in [0.25, 0.3) is 27.8 Å². The number of amides is 1. The summed E-state index contributed by atoms with van der Waals surface area (Å²) in [6.07, 6.45) is 0. The van der Waals surface area contributed by atoms with Crippen LogP contribution in [-0.2, 0) is 4.79 Å². The van der Waals surface area contributed by atoms with Gasteiger partial charge in [0.15, 0.2) is 0 Å². The smallest absolute Gasteiger partial charge is 0.236 e. The molecule has 6 heteroatoms. The van der Waals surface area contributed by atoms with E-state index in [9.17, 15) is 4.79 Å². The van der Waals surface area contributed by atoms with Gasteiger partial charge in [-0.05, 0) is 64.7 Å². The van der Waals surface area contributed by atoms with Gasteiger partial charge in [0, 0.05) is 5.69 Å². The first-order valence-corrected chi connectivity index (χ1v) is 10.7. The standard InChI is InChI=1S/C27H20N4O2/c1-33-19-13-11-18(12-14-19)31-29-24-15-10-17(16-25(24)30-31)28-27(32)26-22-8-4-2-6-20(22)21-7-3-5-9-23(21)26/h2-16,26H,1H3,(H,28,32). The molecule has 1 aliphatic carbocycles. The lowest BCUT2D eigenvalue weighted by Crippen LogP contribution is -2.20. The van der Waals surface area contributed by atoms with Crippen LogP contribution in [0.2, 0.25) is 0 Å². The summed E-state index contributed by atoms with van der Waals surface area (Å²) < 4.78 is 5.21. The van der Waals surface area contributed by atoms with E-state index in [0.29, 0.717) is 11.2 Å². The molecule has 5 aromatic rings. The molecular formula is C27H20N4O2. The Balaban J connectivity index is 1.30. The summed E-state index contributed by atoms with van der Waals surface area (Å²) in [6.45, 7) is 0. The van der Waals surface area contributed by atoms with E-state index in [0.717, 1.165) is 39.2 Å². The molecule has 0 bridgehead atoms. The van der Waals surface area contributed by atoms with Crippen molar-refractivity contribution >= 4 is 22.6 Å². The van der Waals surface area contributed by atoms with Gasteiger partial charge in [-0.3, -0.25) is 4.79 Å². The summed E-state index contributed by atoms with van der Waals surface area (Å²) in [6, 6.07) is 29.3. The van der Waals surface area contributed by atoms with Crippen LogP contribution < -0.4 is 10.1 Å². The first kappa shape index (κ1) is 19.3. The number of carbonyl (C=O) groups excluding carboxylic acids is 1. The third kappa shape index (κ3) is 3.24. The van der Waals surface area contributed by atoms with Crippen molar-refractivity contribution in [3.05, 3.63) is 102 Å². The molecular weight excluding hydrogens is 412 g/mol. The summed E-state index contributed by atoms with van der Waals surface area (Å²) in [7, 11) is 1.63. The topological polar surface area (TPSA) is 69.0 Å². The van der Waals surface area contributed by atoms with Crippen LogP contribution in [0, 0.1) is 0 Å². The molecule has 1 N–H and O–H groups in total. The quantitative estimate of drug-likeness (QED) is 0.425. The number of aromatic nitrogens is 3. The van der Waals surface area contributed by atoms with Gasteiger partial charge in [-0.15, -0.1) is 10.2 Å². The number of carbonyl (C=O) groups is 1. The Hall–Kier alpha value is -4.45. The van der Waals surface area contributed by atoms with E-state index >= 15 is 0 Å². The van der Waals surface area contributed by atoms with Crippen LogP contribution >= 0.6 is 0 Å². The molecule has 160 valence electrons. The SMILES string of the molecule is COc1ccc(-n2nc3ccc(NC(=O)C4c5ccccc5-c5ccccc54)cc3n2)cc1. The van der Waals surface area contributed by atoms with Gasteiger partial charge >= 0.3 is 0 Å². The molecule has 0 spiro atoms. The van der Waals surface area contributed by atoms with E-state index in [2.05, 4.69) is 27.6 Å². The lowest BCUT2D eigenvalue weighted by atomic mass is 9.96. The molecule has 1 heterocycles. The Morgan fingerprint density at radius 1 is 0.818 bits per heavy atom. The number of hydrogen-bond donors (Lipinski definition) is 1. The number of fused-ring (bicyclic) bond motifs is 4. The largest absolute Gasteiger partial charge is 0.497 e. The summed E-state index contributed by atoms with van der Waals surface area (Å²) in [5.41, 5.74) is 7.27. The lowest BCUT2D eigenvalue weighted by Gasteiger charge is -2.14. The second-order valence-corrected chi connectivity index (χ2v) is 7.99. The van der Waals surface area contributed by atoms with Gasteiger partial charge < -0.3 is 10.1 Å². The van der Waals surface area contributed by atoms with Crippen molar-refractivity contribution in [1.82, 2.24) is 15.0 Å². The zero-order valence-corrected chi connectivity index (χ0v) is 17.9. The van der Waals surface area contributed by atoms with E-state index in [1.165, 1.54) is 0 Å². The van der Waals surface area contributed by atoms with Gasteiger partial charge in [0.1, 0.15) is 16.8 Å². The molecule has 0 radical (unpaired) electrons. The van der Waals surface area contributed by atoms with Crippen LogP contribution in [0.4, 0.5) is 5.69 Å². The van der Waals surface area contributed by atoms with Crippen molar-refractivity contribution in [3.63, 3.8) is 0 Å². The van der Waals surface area contributed by atoms with E-state index in [4.69, 9.17) is 4.74 Å². The molecule has 4 aromatic carbocycles. The molecule has 1 amide bonds. The average Bonchev–Trinajstić information content (AvgIpc) is 3.43. The molecule has 0 aliphatic heterocycles. The Labute approximate surface area is 190 Å². The van der Waals surface area contributed by atoms with Gasteiger partial charge in [-0.1, -0.05) is 48.5 Å². The zero-order valence-electron chi connectivity index (χ0n) is 17.9. The van der Waals surface area contributed by atoms with Crippen molar-refractivity contribution < 1.29 is 9.53 Å². The Morgan fingerprint density at radius 2 is 1.45 bits per heavy atom.